The second-order valence-electron chi connectivity index (χ2n) is 6.55. The van der Waals surface area contributed by atoms with Gasteiger partial charge >= 0.3 is 0 Å². The highest BCUT2D eigenvalue weighted by molar-refractivity contribution is 5.94. The standard InChI is InChI=1S/C17H24N2O2/c1-11-8-12(6-7-16(11)20)17(21)18-13-9-14-4-3-5-15(10-13)19(14)2/h6-8,13-15,20H,3-5,9-10H2,1-2H3,(H,18,21). The molecule has 0 aromatic heterocycles. The Morgan fingerprint density at radius 1 is 1.29 bits per heavy atom. The number of rotatable bonds is 2. The SMILES string of the molecule is Cc1cc(C(=O)NC2CC3CCCC(C2)N3C)ccc1O. The highest BCUT2D eigenvalue weighted by Crippen LogP contribution is 2.32. The first-order chi connectivity index (χ1) is 10.0. The van der Waals surface area contributed by atoms with Crippen LogP contribution in [0.15, 0.2) is 18.2 Å². The Balaban J connectivity index is 1.66. The minimum atomic E-state index is -0.0225. The van der Waals surface area contributed by atoms with Gasteiger partial charge in [-0.15, -0.1) is 0 Å². The van der Waals surface area contributed by atoms with E-state index in [4.69, 9.17) is 0 Å². The summed E-state index contributed by atoms with van der Waals surface area (Å²) in [7, 11) is 2.22. The van der Waals surface area contributed by atoms with Crippen molar-refractivity contribution in [2.45, 2.75) is 57.2 Å². The summed E-state index contributed by atoms with van der Waals surface area (Å²) >= 11 is 0. The number of piperidine rings is 2. The smallest absolute Gasteiger partial charge is 0.251 e. The van der Waals surface area contributed by atoms with Gasteiger partial charge in [0.15, 0.2) is 0 Å². The molecule has 2 atom stereocenters. The lowest BCUT2D eigenvalue weighted by molar-refractivity contribution is 0.0463. The van der Waals surface area contributed by atoms with Crippen molar-refractivity contribution in [3.8, 4) is 5.75 Å². The number of amides is 1. The van der Waals surface area contributed by atoms with E-state index in [-0.39, 0.29) is 17.7 Å². The molecule has 2 N–H and O–H groups in total. The van der Waals surface area contributed by atoms with Gasteiger partial charge in [-0.05, 0) is 63.4 Å². The molecule has 2 saturated heterocycles. The van der Waals surface area contributed by atoms with E-state index < -0.39 is 0 Å². The predicted molar refractivity (Wildman–Crippen MR) is 82.5 cm³/mol. The number of phenols is 1. The van der Waals surface area contributed by atoms with Gasteiger partial charge in [0, 0.05) is 23.7 Å². The Bertz CT molecular complexity index is 530. The summed E-state index contributed by atoms with van der Waals surface area (Å²) in [5.41, 5.74) is 1.37. The fourth-order valence-electron chi connectivity index (χ4n) is 3.80. The molecule has 1 amide bonds. The summed E-state index contributed by atoms with van der Waals surface area (Å²) in [6.45, 7) is 1.81. The first-order valence-corrected chi connectivity index (χ1v) is 7.87. The molecule has 0 saturated carbocycles. The number of aromatic hydroxyl groups is 1. The second-order valence-corrected chi connectivity index (χ2v) is 6.55. The van der Waals surface area contributed by atoms with Gasteiger partial charge in [0.2, 0.25) is 0 Å². The first kappa shape index (κ1) is 14.4. The zero-order valence-electron chi connectivity index (χ0n) is 12.8. The van der Waals surface area contributed by atoms with Gasteiger partial charge in [-0.25, -0.2) is 0 Å². The summed E-state index contributed by atoms with van der Waals surface area (Å²) < 4.78 is 0. The van der Waals surface area contributed by atoms with Gasteiger partial charge < -0.3 is 15.3 Å². The Hall–Kier alpha value is -1.55. The average molecular weight is 288 g/mol. The summed E-state index contributed by atoms with van der Waals surface area (Å²) in [5, 5.41) is 12.7. The molecular weight excluding hydrogens is 264 g/mol. The third kappa shape index (κ3) is 2.91. The maximum Gasteiger partial charge on any atom is 0.251 e. The fraction of sp³-hybridized carbons (Fsp3) is 0.588. The number of carbonyl (C=O) groups is 1. The van der Waals surface area contributed by atoms with Crippen LogP contribution in [-0.4, -0.2) is 41.1 Å². The molecule has 1 aromatic rings. The zero-order chi connectivity index (χ0) is 15.0. The molecular formula is C17H24N2O2. The number of phenolic OH excluding ortho intramolecular Hbond substituents is 1. The van der Waals surface area contributed by atoms with Crippen molar-refractivity contribution >= 4 is 5.91 Å². The lowest BCUT2D eigenvalue weighted by Gasteiger charge is -2.47. The minimum absolute atomic E-state index is 0.0225. The van der Waals surface area contributed by atoms with Crippen LogP contribution in [0.2, 0.25) is 0 Å². The lowest BCUT2D eigenvalue weighted by Crippen LogP contribution is -2.55. The van der Waals surface area contributed by atoms with Crippen LogP contribution in [0.1, 0.15) is 48.0 Å². The normalized spacial score (nSPS) is 29.1. The van der Waals surface area contributed by atoms with Gasteiger partial charge in [0.25, 0.3) is 5.91 Å². The molecule has 2 unspecified atom stereocenters. The Morgan fingerprint density at radius 3 is 2.57 bits per heavy atom. The highest BCUT2D eigenvalue weighted by Gasteiger charge is 2.36. The molecule has 21 heavy (non-hydrogen) atoms. The van der Waals surface area contributed by atoms with Gasteiger partial charge in [-0.3, -0.25) is 4.79 Å². The third-order valence-electron chi connectivity index (χ3n) is 5.13. The van der Waals surface area contributed by atoms with E-state index in [2.05, 4.69) is 17.3 Å². The number of carbonyl (C=O) groups excluding carboxylic acids is 1. The van der Waals surface area contributed by atoms with Crippen LogP contribution in [0.4, 0.5) is 0 Å². The van der Waals surface area contributed by atoms with Crippen molar-refractivity contribution < 1.29 is 9.90 Å². The topological polar surface area (TPSA) is 52.6 Å². The summed E-state index contributed by atoms with van der Waals surface area (Å²) in [4.78, 5) is 14.9. The fourth-order valence-corrected chi connectivity index (χ4v) is 3.80. The molecule has 2 bridgehead atoms. The molecule has 2 fully saturated rings. The molecule has 0 radical (unpaired) electrons. The lowest BCUT2D eigenvalue weighted by atomic mass is 9.82. The maximum absolute atomic E-state index is 12.4. The molecule has 2 heterocycles. The van der Waals surface area contributed by atoms with Crippen molar-refractivity contribution in [3.05, 3.63) is 29.3 Å². The Labute approximate surface area is 126 Å². The van der Waals surface area contributed by atoms with Crippen molar-refractivity contribution in [1.29, 1.82) is 0 Å². The summed E-state index contributed by atoms with van der Waals surface area (Å²) in [5.74, 6) is 0.214. The van der Waals surface area contributed by atoms with E-state index in [1.807, 2.05) is 6.92 Å². The average Bonchev–Trinajstić information content (AvgIpc) is 2.43. The van der Waals surface area contributed by atoms with E-state index in [1.165, 1.54) is 19.3 Å². The van der Waals surface area contributed by atoms with Crippen LogP contribution >= 0.6 is 0 Å². The van der Waals surface area contributed by atoms with Gasteiger partial charge in [0.1, 0.15) is 5.75 Å². The number of nitrogens with zero attached hydrogens (tertiary/aromatic N) is 1. The highest BCUT2D eigenvalue weighted by atomic mass is 16.3. The van der Waals surface area contributed by atoms with E-state index in [0.717, 1.165) is 18.4 Å². The number of nitrogens with one attached hydrogen (secondary N) is 1. The van der Waals surface area contributed by atoms with Gasteiger partial charge in [-0.1, -0.05) is 6.42 Å². The number of benzene rings is 1. The largest absolute Gasteiger partial charge is 0.508 e. The van der Waals surface area contributed by atoms with Gasteiger partial charge in [0.05, 0.1) is 0 Å². The minimum Gasteiger partial charge on any atom is -0.508 e. The van der Waals surface area contributed by atoms with E-state index in [0.29, 0.717) is 17.6 Å². The van der Waals surface area contributed by atoms with Crippen molar-refractivity contribution in [2.24, 2.45) is 0 Å². The molecule has 2 aliphatic heterocycles. The summed E-state index contributed by atoms with van der Waals surface area (Å²) in [6.07, 6.45) is 5.92. The molecule has 2 aliphatic rings. The van der Waals surface area contributed by atoms with Crippen LogP contribution in [0.5, 0.6) is 5.75 Å². The Kier molecular flexibility index (Phi) is 3.89. The monoisotopic (exact) mass is 288 g/mol. The van der Waals surface area contributed by atoms with E-state index in [1.54, 1.807) is 18.2 Å². The molecule has 0 spiro atoms. The predicted octanol–water partition coefficient (Wildman–Crippen LogP) is 2.45. The van der Waals surface area contributed by atoms with Crippen molar-refractivity contribution in [2.75, 3.05) is 7.05 Å². The van der Waals surface area contributed by atoms with Crippen molar-refractivity contribution in [3.63, 3.8) is 0 Å². The van der Waals surface area contributed by atoms with Crippen molar-refractivity contribution in [1.82, 2.24) is 10.2 Å². The van der Waals surface area contributed by atoms with E-state index >= 15 is 0 Å². The van der Waals surface area contributed by atoms with Gasteiger partial charge in [-0.2, -0.15) is 0 Å². The number of aryl methyl sites for hydroxylation is 1. The zero-order valence-corrected chi connectivity index (χ0v) is 12.8. The summed E-state index contributed by atoms with van der Waals surface area (Å²) in [6, 6.07) is 6.54. The first-order valence-electron chi connectivity index (χ1n) is 7.87. The third-order valence-corrected chi connectivity index (χ3v) is 5.13. The van der Waals surface area contributed by atoms with Crippen LogP contribution in [0.25, 0.3) is 0 Å². The number of fused-ring (bicyclic) bond motifs is 2. The maximum atomic E-state index is 12.4. The molecule has 4 nitrogen and oxygen atoms in total. The number of hydrogen-bond donors (Lipinski definition) is 2. The molecule has 3 rings (SSSR count). The molecule has 4 heteroatoms. The van der Waals surface area contributed by atoms with Crippen LogP contribution < -0.4 is 5.32 Å². The Morgan fingerprint density at radius 2 is 1.95 bits per heavy atom. The van der Waals surface area contributed by atoms with E-state index in [9.17, 15) is 9.90 Å². The second kappa shape index (κ2) is 5.68. The van der Waals surface area contributed by atoms with Crippen LogP contribution in [0.3, 0.4) is 0 Å². The number of hydrogen-bond acceptors (Lipinski definition) is 3. The van der Waals surface area contributed by atoms with Crippen LogP contribution in [-0.2, 0) is 0 Å². The molecule has 0 aliphatic carbocycles. The van der Waals surface area contributed by atoms with Crippen LogP contribution in [0, 0.1) is 6.92 Å². The molecule has 1 aromatic carbocycles. The quantitative estimate of drug-likeness (QED) is 0.879. The molecule has 114 valence electrons.